The molecule has 3 heterocycles. The number of nitrogens with zero attached hydrogens (tertiary/aromatic N) is 3. The van der Waals surface area contributed by atoms with Gasteiger partial charge in [0, 0.05) is 29.4 Å². The molecule has 1 fully saturated rings. The van der Waals surface area contributed by atoms with E-state index in [-0.39, 0.29) is 11.8 Å². The minimum Gasteiger partial charge on any atom is -0.339 e. The summed E-state index contributed by atoms with van der Waals surface area (Å²) >= 11 is 1.68. The van der Waals surface area contributed by atoms with Crippen LogP contribution in [0.5, 0.6) is 0 Å². The molecule has 0 spiro atoms. The van der Waals surface area contributed by atoms with Crippen LogP contribution in [-0.2, 0) is 24.1 Å². The zero-order valence-electron chi connectivity index (χ0n) is 14.4. The van der Waals surface area contributed by atoms with Crippen LogP contribution < -0.4 is 4.90 Å². The van der Waals surface area contributed by atoms with Crippen LogP contribution in [0.4, 0.5) is 5.69 Å². The quantitative estimate of drug-likeness (QED) is 0.707. The second-order valence-electron chi connectivity index (χ2n) is 7.01. The summed E-state index contributed by atoms with van der Waals surface area (Å²) in [6, 6.07) is 10.5. The molecule has 0 bridgehead atoms. The van der Waals surface area contributed by atoms with Crippen molar-refractivity contribution in [1.82, 2.24) is 10.1 Å². The van der Waals surface area contributed by atoms with Crippen LogP contribution in [0.25, 0.3) is 0 Å². The van der Waals surface area contributed by atoms with Gasteiger partial charge in [-0.3, -0.25) is 4.79 Å². The van der Waals surface area contributed by atoms with Gasteiger partial charge >= 0.3 is 0 Å². The van der Waals surface area contributed by atoms with Crippen molar-refractivity contribution in [3.8, 4) is 0 Å². The van der Waals surface area contributed by atoms with Crippen molar-refractivity contribution in [1.29, 1.82) is 0 Å². The fraction of sp³-hybridized carbons (Fsp3) is 0.350. The predicted octanol–water partition coefficient (Wildman–Crippen LogP) is 3.73. The van der Waals surface area contributed by atoms with Crippen LogP contribution in [0.1, 0.15) is 46.5 Å². The molecular weight excluding hydrogens is 346 g/mol. The average Bonchev–Trinajstić information content (AvgIpc) is 3.42. The lowest BCUT2D eigenvalue weighted by Crippen LogP contribution is -2.24. The number of fused-ring (bicyclic) bond motifs is 1. The van der Waals surface area contributed by atoms with Gasteiger partial charge < -0.3 is 9.42 Å². The first-order chi connectivity index (χ1) is 12.8. The highest BCUT2D eigenvalue weighted by molar-refractivity contribution is 7.09. The molecule has 3 aromatic rings. The van der Waals surface area contributed by atoms with Gasteiger partial charge in [0.1, 0.15) is 0 Å². The molecule has 5 nitrogen and oxygen atoms in total. The highest BCUT2D eigenvalue weighted by Gasteiger charge is 2.35. The summed E-state index contributed by atoms with van der Waals surface area (Å²) in [5, 5.41) is 6.18. The van der Waals surface area contributed by atoms with E-state index in [1.165, 1.54) is 22.4 Å². The molecule has 1 aliphatic heterocycles. The number of carbonyl (C=O) groups excluding carboxylic acids is 1. The molecule has 1 aromatic carbocycles. The number of amides is 1. The Morgan fingerprint density at radius 3 is 3.04 bits per heavy atom. The van der Waals surface area contributed by atoms with Crippen LogP contribution in [0.15, 0.2) is 40.2 Å². The first-order valence-electron chi connectivity index (χ1n) is 9.03. The van der Waals surface area contributed by atoms with E-state index in [4.69, 9.17) is 4.52 Å². The third-order valence-corrected chi connectivity index (χ3v) is 6.15. The minimum atomic E-state index is -0.00316. The number of anilines is 1. The molecule has 1 amide bonds. The van der Waals surface area contributed by atoms with Gasteiger partial charge in [0.05, 0.1) is 6.42 Å². The second kappa shape index (κ2) is 6.36. The van der Waals surface area contributed by atoms with Crippen LogP contribution in [0.3, 0.4) is 0 Å². The standard InChI is InChI=1S/C20H19N3O2S/c24-19-10-15(20-21-18(25-22-20)11-17-5-2-8-26-17)12-23(19)16-7-6-13-3-1-4-14(13)9-16/h2,5-9,15H,1,3-4,10-12H2. The maximum atomic E-state index is 12.6. The van der Waals surface area contributed by atoms with Crippen molar-refractivity contribution in [2.45, 2.75) is 38.0 Å². The van der Waals surface area contributed by atoms with Gasteiger partial charge in [0.15, 0.2) is 5.82 Å². The first-order valence-corrected chi connectivity index (χ1v) is 9.91. The molecule has 5 rings (SSSR count). The number of aromatic nitrogens is 2. The average molecular weight is 365 g/mol. The van der Waals surface area contributed by atoms with Crippen molar-refractivity contribution < 1.29 is 9.32 Å². The molecule has 2 aromatic heterocycles. The molecule has 2 aliphatic rings. The van der Waals surface area contributed by atoms with E-state index in [0.29, 0.717) is 31.1 Å². The lowest BCUT2D eigenvalue weighted by atomic mass is 10.1. The number of aryl methyl sites for hydroxylation is 2. The van der Waals surface area contributed by atoms with Crippen LogP contribution in [-0.4, -0.2) is 22.6 Å². The number of hydrogen-bond acceptors (Lipinski definition) is 5. The van der Waals surface area contributed by atoms with E-state index in [0.717, 1.165) is 18.5 Å². The lowest BCUT2D eigenvalue weighted by Gasteiger charge is -2.17. The Morgan fingerprint density at radius 1 is 1.23 bits per heavy atom. The van der Waals surface area contributed by atoms with E-state index in [1.807, 2.05) is 16.3 Å². The van der Waals surface area contributed by atoms with Crippen molar-refractivity contribution in [2.24, 2.45) is 0 Å². The van der Waals surface area contributed by atoms with E-state index >= 15 is 0 Å². The summed E-state index contributed by atoms with van der Waals surface area (Å²) in [4.78, 5) is 20.2. The smallest absolute Gasteiger partial charge is 0.231 e. The molecule has 0 N–H and O–H groups in total. The van der Waals surface area contributed by atoms with Crippen molar-refractivity contribution in [3.05, 3.63) is 63.4 Å². The molecule has 1 aliphatic carbocycles. The largest absolute Gasteiger partial charge is 0.339 e. The van der Waals surface area contributed by atoms with Gasteiger partial charge in [0.25, 0.3) is 0 Å². The van der Waals surface area contributed by atoms with Crippen molar-refractivity contribution >= 4 is 22.9 Å². The maximum Gasteiger partial charge on any atom is 0.231 e. The van der Waals surface area contributed by atoms with E-state index < -0.39 is 0 Å². The summed E-state index contributed by atoms with van der Waals surface area (Å²) in [7, 11) is 0. The molecule has 0 saturated carbocycles. The monoisotopic (exact) mass is 365 g/mol. The number of thiophene rings is 1. The first kappa shape index (κ1) is 15.8. The van der Waals surface area contributed by atoms with Crippen molar-refractivity contribution in [2.75, 3.05) is 11.4 Å². The highest BCUT2D eigenvalue weighted by Crippen LogP contribution is 2.33. The zero-order valence-corrected chi connectivity index (χ0v) is 15.2. The summed E-state index contributed by atoms with van der Waals surface area (Å²) in [6.07, 6.45) is 4.58. The van der Waals surface area contributed by atoms with Gasteiger partial charge in [-0.05, 0) is 54.0 Å². The summed E-state index contributed by atoms with van der Waals surface area (Å²) < 4.78 is 5.40. The fourth-order valence-electron chi connectivity index (χ4n) is 3.92. The van der Waals surface area contributed by atoms with Gasteiger partial charge in [-0.25, -0.2) is 0 Å². The Hall–Kier alpha value is -2.47. The van der Waals surface area contributed by atoms with E-state index in [2.05, 4.69) is 34.4 Å². The Bertz CT molecular complexity index is 948. The maximum absolute atomic E-state index is 12.6. The molecule has 26 heavy (non-hydrogen) atoms. The Kier molecular flexibility index (Phi) is 3.85. The lowest BCUT2D eigenvalue weighted by molar-refractivity contribution is -0.117. The minimum absolute atomic E-state index is 0.00316. The van der Waals surface area contributed by atoms with Crippen molar-refractivity contribution in [3.63, 3.8) is 0 Å². The third kappa shape index (κ3) is 2.84. The number of hydrogen-bond donors (Lipinski definition) is 0. The Morgan fingerprint density at radius 2 is 2.15 bits per heavy atom. The number of carbonyl (C=O) groups is 1. The molecule has 132 valence electrons. The highest BCUT2D eigenvalue weighted by atomic mass is 32.1. The number of rotatable bonds is 4. The third-order valence-electron chi connectivity index (χ3n) is 5.27. The van der Waals surface area contributed by atoms with Crippen LogP contribution in [0, 0.1) is 0 Å². The topological polar surface area (TPSA) is 59.2 Å². The zero-order chi connectivity index (χ0) is 17.5. The summed E-state index contributed by atoms with van der Waals surface area (Å²) in [5.74, 6) is 1.40. The fourth-order valence-corrected chi connectivity index (χ4v) is 4.62. The number of benzene rings is 1. The van der Waals surface area contributed by atoms with Gasteiger partial charge in [-0.2, -0.15) is 4.98 Å². The van der Waals surface area contributed by atoms with E-state index in [9.17, 15) is 4.79 Å². The molecule has 6 heteroatoms. The summed E-state index contributed by atoms with van der Waals surface area (Å²) in [5.41, 5.74) is 3.81. The molecule has 1 atom stereocenters. The normalized spacial score (nSPS) is 19.3. The van der Waals surface area contributed by atoms with Crippen LogP contribution in [0.2, 0.25) is 0 Å². The molecule has 1 saturated heterocycles. The molecule has 1 unspecified atom stereocenters. The Labute approximate surface area is 155 Å². The van der Waals surface area contributed by atoms with Gasteiger partial charge in [-0.1, -0.05) is 17.3 Å². The molecule has 0 radical (unpaired) electrons. The second-order valence-corrected chi connectivity index (χ2v) is 8.05. The van der Waals surface area contributed by atoms with Gasteiger partial charge in [-0.15, -0.1) is 11.3 Å². The predicted molar refractivity (Wildman–Crippen MR) is 99.6 cm³/mol. The SMILES string of the molecule is O=C1CC(c2noc(Cc3cccs3)n2)CN1c1ccc2c(c1)CCC2. The summed E-state index contributed by atoms with van der Waals surface area (Å²) in [6.45, 7) is 0.621. The van der Waals surface area contributed by atoms with Gasteiger partial charge in [0.2, 0.25) is 11.8 Å². The molecular formula is C20H19N3O2S. The Balaban J connectivity index is 1.33. The van der Waals surface area contributed by atoms with E-state index in [1.54, 1.807) is 11.3 Å². The van der Waals surface area contributed by atoms with Crippen LogP contribution >= 0.6 is 11.3 Å².